The van der Waals surface area contributed by atoms with E-state index < -0.39 is 0 Å². The first-order chi connectivity index (χ1) is 9.70. The lowest BCUT2D eigenvalue weighted by atomic mass is 10.2. The van der Waals surface area contributed by atoms with Gasteiger partial charge in [-0.2, -0.15) is 0 Å². The number of hydrogen-bond donors (Lipinski definition) is 1. The Balaban J connectivity index is 1.66. The average molecular weight is 334 g/mol. The zero-order valence-corrected chi connectivity index (χ0v) is 12.9. The van der Waals surface area contributed by atoms with Crippen LogP contribution in [0.4, 0.5) is 0 Å². The van der Waals surface area contributed by atoms with Crippen LogP contribution >= 0.6 is 15.9 Å². The molecule has 0 spiro atoms. The minimum atomic E-state index is 0.376. The van der Waals surface area contributed by atoms with Crippen molar-refractivity contribution in [1.82, 2.24) is 15.3 Å². The number of halogens is 1. The van der Waals surface area contributed by atoms with Gasteiger partial charge in [0.15, 0.2) is 0 Å². The van der Waals surface area contributed by atoms with Gasteiger partial charge in [0.2, 0.25) is 0 Å². The molecular weight excluding hydrogens is 318 g/mol. The highest BCUT2D eigenvalue weighted by Crippen LogP contribution is 2.26. The second-order valence-electron chi connectivity index (χ2n) is 5.04. The molecule has 4 nitrogen and oxygen atoms in total. The Bertz CT molecular complexity index is 597. The molecule has 1 aliphatic rings. The molecule has 1 fully saturated rings. The SMILES string of the molecule is Cc1ccc(Br)cc1Oc1ncc(CNC2CC2)cn1. The minimum absolute atomic E-state index is 0.376. The predicted molar refractivity (Wildman–Crippen MR) is 80.8 cm³/mol. The van der Waals surface area contributed by atoms with Gasteiger partial charge in [-0.05, 0) is 37.5 Å². The van der Waals surface area contributed by atoms with E-state index in [-0.39, 0.29) is 0 Å². The van der Waals surface area contributed by atoms with Crippen LogP contribution in [0.15, 0.2) is 35.1 Å². The fourth-order valence-corrected chi connectivity index (χ4v) is 2.16. The number of benzene rings is 1. The highest BCUT2D eigenvalue weighted by Gasteiger charge is 2.19. The van der Waals surface area contributed by atoms with E-state index in [1.54, 1.807) is 0 Å². The van der Waals surface area contributed by atoms with Gasteiger partial charge >= 0.3 is 6.01 Å². The second kappa shape index (κ2) is 5.89. The molecule has 0 amide bonds. The van der Waals surface area contributed by atoms with Crippen molar-refractivity contribution < 1.29 is 4.74 Å². The molecule has 1 heterocycles. The summed E-state index contributed by atoms with van der Waals surface area (Å²) in [5.41, 5.74) is 2.13. The van der Waals surface area contributed by atoms with Gasteiger partial charge in [0, 0.05) is 35.0 Å². The summed E-state index contributed by atoms with van der Waals surface area (Å²) in [5.74, 6) is 0.767. The van der Waals surface area contributed by atoms with Gasteiger partial charge in [-0.25, -0.2) is 9.97 Å². The van der Waals surface area contributed by atoms with E-state index >= 15 is 0 Å². The monoisotopic (exact) mass is 333 g/mol. The van der Waals surface area contributed by atoms with Gasteiger partial charge in [-0.15, -0.1) is 0 Å². The summed E-state index contributed by atoms with van der Waals surface area (Å²) >= 11 is 3.43. The van der Waals surface area contributed by atoms with Crippen LogP contribution in [0.5, 0.6) is 11.8 Å². The molecule has 0 aliphatic heterocycles. The van der Waals surface area contributed by atoms with Crippen molar-refractivity contribution in [1.29, 1.82) is 0 Å². The van der Waals surface area contributed by atoms with Crippen molar-refractivity contribution in [3.8, 4) is 11.8 Å². The number of aryl methyl sites for hydroxylation is 1. The van der Waals surface area contributed by atoms with Crippen molar-refractivity contribution >= 4 is 15.9 Å². The van der Waals surface area contributed by atoms with Crippen LogP contribution in [-0.4, -0.2) is 16.0 Å². The van der Waals surface area contributed by atoms with Crippen molar-refractivity contribution in [2.75, 3.05) is 0 Å². The van der Waals surface area contributed by atoms with Crippen LogP contribution in [0.25, 0.3) is 0 Å². The number of hydrogen-bond acceptors (Lipinski definition) is 4. The van der Waals surface area contributed by atoms with Crippen LogP contribution in [0.2, 0.25) is 0 Å². The summed E-state index contributed by atoms with van der Waals surface area (Å²) in [4.78, 5) is 8.51. The molecule has 2 aromatic rings. The molecule has 1 saturated carbocycles. The molecule has 0 unspecified atom stereocenters. The largest absolute Gasteiger partial charge is 0.424 e. The van der Waals surface area contributed by atoms with Gasteiger partial charge in [0.1, 0.15) is 5.75 Å². The molecule has 0 bridgehead atoms. The third kappa shape index (κ3) is 3.55. The summed E-state index contributed by atoms with van der Waals surface area (Å²) < 4.78 is 6.69. The van der Waals surface area contributed by atoms with Gasteiger partial charge < -0.3 is 10.1 Å². The molecule has 5 heteroatoms. The molecule has 1 aromatic heterocycles. The summed E-state index contributed by atoms with van der Waals surface area (Å²) in [6.07, 6.45) is 6.19. The van der Waals surface area contributed by atoms with E-state index in [1.165, 1.54) is 12.8 Å². The first kappa shape index (κ1) is 13.5. The van der Waals surface area contributed by atoms with Gasteiger partial charge in [-0.1, -0.05) is 22.0 Å². The normalized spacial score (nSPS) is 14.3. The maximum Gasteiger partial charge on any atom is 0.321 e. The summed E-state index contributed by atoms with van der Waals surface area (Å²) in [5, 5.41) is 3.43. The maximum atomic E-state index is 5.71. The quantitative estimate of drug-likeness (QED) is 0.908. The Hall–Kier alpha value is -1.46. The zero-order chi connectivity index (χ0) is 13.9. The summed E-state index contributed by atoms with van der Waals surface area (Å²) in [7, 11) is 0. The zero-order valence-electron chi connectivity index (χ0n) is 11.3. The number of rotatable bonds is 5. The topological polar surface area (TPSA) is 47.0 Å². The van der Waals surface area contributed by atoms with Crippen molar-refractivity contribution in [2.24, 2.45) is 0 Å². The third-order valence-corrected chi connectivity index (χ3v) is 3.70. The van der Waals surface area contributed by atoms with Crippen LogP contribution in [0, 0.1) is 6.92 Å². The smallest absolute Gasteiger partial charge is 0.321 e. The summed E-state index contributed by atoms with van der Waals surface area (Å²) in [6, 6.07) is 6.96. The van der Waals surface area contributed by atoms with E-state index in [0.717, 1.165) is 27.9 Å². The van der Waals surface area contributed by atoms with Gasteiger partial charge in [0.25, 0.3) is 0 Å². The Morgan fingerprint density at radius 2 is 2.05 bits per heavy atom. The molecule has 0 saturated heterocycles. The van der Waals surface area contributed by atoms with Crippen molar-refractivity contribution in [3.05, 3.63) is 46.2 Å². The molecule has 1 aromatic carbocycles. The number of aromatic nitrogens is 2. The molecular formula is C15H16BrN3O. The third-order valence-electron chi connectivity index (χ3n) is 3.21. The molecule has 20 heavy (non-hydrogen) atoms. The lowest BCUT2D eigenvalue weighted by Gasteiger charge is -2.08. The Morgan fingerprint density at radius 3 is 2.75 bits per heavy atom. The Kier molecular flexibility index (Phi) is 3.98. The van der Waals surface area contributed by atoms with Crippen molar-refractivity contribution in [2.45, 2.75) is 32.4 Å². The Morgan fingerprint density at radius 1 is 1.30 bits per heavy atom. The highest BCUT2D eigenvalue weighted by atomic mass is 79.9. The van der Waals surface area contributed by atoms with Gasteiger partial charge in [0.05, 0.1) is 0 Å². The van der Waals surface area contributed by atoms with Crippen LogP contribution in [0.3, 0.4) is 0 Å². The first-order valence-corrected chi connectivity index (χ1v) is 7.48. The van der Waals surface area contributed by atoms with Crippen molar-refractivity contribution in [3.63, 3.8) is 0 Å². The standard InChI is InChI=1S/C15H16BrN3O/c1-10-2-3-12(16)6-14(10)20-15-18-8-11(9-19-15)7-17-13-4-5-13/h2-3,6,8-9,13,17H,4-5,7H2,1H3. The van der Waals surface area contributed by atoms with E-state index in [9.17, 15) is 0 Å². The maximum absolute atomic E-state index is 5.71. The first-order valence-electron chi connectivity index (χ1n) is 6.69. The predicted octanol–water partition coefficient (Wildman–Crippen LogP) is 3.59. The number of nitrogens with zero attached hydrogens (tertiary/aromatic N) is 2. The highest BCUT2D eigenvalue weighted by molar-refractivity contribution is 9.10. The van der Waals surface area contributed by atoms with Gasteiger partial charge in [-0.3, -0.25) is 0 Å². The number of ether oxygens (including phenoxy) is 1. The number of nitrogens with one attached hydrogen (secondary N) is 1. The Labute approximate surface area is 126 Å². The molecule has 104 valence electrons. The summed E-state index contributed by atoms with van der Waals surface area (Å²) in [6.45, 7) is 2.82. The van der Waals surface area contributed by atoms with E-state index in [1.807, 2.05) is 37.5 Å². The second-order valence-corrected chi connectivity index (χ2v) is 5.96. The molecule has 3 rings (SSSR count). The molecule has 1 aliphatic carbocycles. The molecule has 0 atom stereocenters. The van der Waals surface area contributed by atoms with Crippen LogP contribution < -0.4 is 10.1 Å². The lowest BCUT2D eigenvalue weighted by Crippen LogP contribution is -2.15. The molecule has 1 N–H and O–H groups in total. The van der Waals surface area contributed by atoms with Crippen LogP contribution in [-0.2, 0) is 6.54 Å². The fourth-order valence-electron chi connectivity index (χ4n) is 1.82. The van der Waals surface area contributed by atoms with E-state index in [4.69, 9.17) is 4.74 Å². The minimum Gasteiger partial charge on any atom is -0.424 e. The van der Waals surface area contributed by atoms with Crippen LogP contribution in [0.1, 0.15) is 24.0 Å². The lowest BCUT2D eigenvalue weighted by molar-refractivity contribution is 0.437. The molecule has 0 radical (unpaired) electrons. The fraction of sp³-hybridized carbons (Fsp3) is 0.333. The van der Waals surface area contributed by atoms with E-state index in [2.05, 4.69) is 31.2 Å². The van der Waals surface area contributed by atoms with E-state index in [0.29, 0.717) is 12.1 Å². The average Bonchev–Trinajstić information content (AvgIpc) is 3.26.